The monoisotopic (exact) mass is 257 g/mol. The van der Waals surface area contributed by atoms with Crippen molar-refractivity contribution < 1.29 is 4.79 Å². The van der Waals surface area contributed by atoms with Gasteiger partial charge in [0.2, 0.25) is 5.91 Å². The third-order valence-electron chi connectivity index (χ3n) is 3.35. The third kappa shape index (κ3) is 7.67. The zero-order chi connectivity index (χ0) is 14.0. The number of carbonyl (C=O) groups excluding carboxylic acids is 1. The lowest BCUT2D eigenvalue weighted by atomic mass is 10.1. The first-order chi connectivity index (χ1) is 8.54. The van der Waals surface area contributed by atoms with Crippen LogP contribution in [0.15, 0.2) is 0 Å². The van der Waals surface area contributed by atoms with Crippen molar-refractivity contribution in [3.63, 3.8) is 0 Å². The Bertz CT molecular complexity index is 217. The number of hydrogen-bond acceptors (Lipinski definition) is 3. The summed E-state index contributed by atoms with van der Waals surface area (Å²) < 4.78 is 0. The summed E-state index contributed by atoms with van der Waals surface area (Å²) in [4.78, 5) is 14.2. The molecule has 0 heterocycles. The SMILES string of the molecule is CCN(CC)CCCC(C)NC(=O)C(C)CNC. The van der Waals surface area contributed by atoms with Gasteiger partial charge in [-0.3, -0.25) is 4.79 Å². The predicted octanol–water partition coefficient (Wildman–Crippen LogP) is 1.47. The molecule has 0 bridgehead atoms. The Morgan fingerprint density at radius 3 is 2.33 bits per heavy atom. The van der Waals surface area contributed by atoms with Crippen LogP contribution >= 0.6 is 0 Å². The van der Waals surface area contributed by atoms with Gasteiger partial charge in [-0.2, -0.15) is 0 Å². The van der Waals surface area contributed by atoms with Crippen molar-refractivity contribution in [3.05, 3.63) is 0 Å². The van der Waals surface area contributed by atoms with Gasteiger partial charge in [-0.1, -0.05) is 20.8 Å². The van der Waals surface area contributed by atoms with E-state index in [1.807, 2.05) is 14.0 Å². The smallest absolute Gasteiger partial charge is 0.224 e. The number of nitrogens with one attached hydrogen (secondary N) is 2. The highest BCUT2D eigenvalue weighted by atomic mass is 16.1. The maximum absolute atomic E-state index is 11.8. The normalized spacial score (nSPS) is 14.6. The van der Waals surface area contributed by atoms with Crippen molar-refractivity contribution in [3.8, 4) is 0 Å². The van der Waals surface area contributed by atoms with Crippen LogP contribution in [0.5, 0.6) is 0 Å². The van der Waals surface area contributed by atoms with Gasteiger partial charge >= 0.3 is 0 Å². The summed E-state index contributed by atoms with van der Waals surface area (Å²) >= 11 is 0. The molecule has 0 radical (unpaired) electrons. The fourth-order valence-corrected chi connectivity index (χ4v) is 2.02. The van der Waals surface area contributed by atoms with Crippen LogP contribution in [0, 0.1) is 5.92 Å². The Labute approximate surface area is 113 Å². The number of amides is 1. The van der Waals surface area contributed by atoms with E-state index in [-0.39, 0.29) is 17.9 Å². The van der Waals surface area contributed by atoms with Crippen LogP contribution in [0.25, 0.3) is 0 Å². The van der Waals surface area contributed by atoms with E-state index in [0.717, 1.165) is 39.0 Å². The molecule has 2 unspecified atom stereocenters. The van der Waals surface area contributed by atoms with E-state index in [2.05, 4.69) is 36.3 Å². The fraction of sp³-hybridized carbons (Fsp3) is 0.929. The Morgan fingerprint density at radius 1 is 1.22 bits per heavy atom. The highest BCUT2D eigenvalue weighted by Gasteiger charge is 2.14. The Kier molecular flexibility index (Phi) is 9.98. The Hall–Kier alpha value is -0.610. The molecule has 0 aliphatic rings. The first-order valence-electron chi connectivity index (χ1n) is 7.22. The molecule has 0 aromatic rings. The average molecular weight is 257 g/mol. The van der Waals surface area contributed by atoms with Crippen LogP contribution in [0.1, 0.15) is 40.5 Å². The molecule has 0 fully saturated rings. The van der Waals surface area contributed by atoms with Gasteiger partial charge in [-0.05, 0) is 46.4 Å². The van der Waals surface area contributed by atoms with Gasteiger partial charge in [0.25, 0.3) is 0 Å². The summed E-state index contributed by atoms with van der Waals surface area (Å²) in [6.45, 7) is 12.5. The summed E-state index contributed by atoms with van der Waals surface area (Å²) in [5, 5.41) is 6.10. The largest absolute Gasteiger partial charge is 0.353 e. The molecule has 4 nitrogen and oxygen atoms in total. The quantitative estimate of drug-likeness (QED) is 0.623. The molecule has 0 saturated heterocycles. The molecule has 0 aromatic heterocycles. The standard InChI is InChI=1S/C14H31N3O/c1-6-17(7-2)10-8-9-13(4)16-14(18)12(3)11-15-5/h12-13,15H,6-11H2,1-5H3,(H,16,18). The van der Waals surface area contributed by atoms with Gasteiger partial charge in [-0.25, -0.2) is 0 Å². The topological polar surface area (TPSA) is 44.4 Å². The molecule has 2 N–H and O–H groups in total. The van der Waals surface area contributed by atoms with E-state index < -0.39 is 0 Å². The van der Waals surface area contributed by atoms with Gasteiger partial charge in [-0.15, -0.1) is 0 Å². The molecule has 0 spiro atoms. The second kappa shape index (κ2) is 10.3. The van der Waals surface area contributed by atoms with Crippen molar-refractivity contribution in [2.75, 3.05) is 33.2 Å². The number of rotatable bonds is 10. The van der Waals surface area contributed by atoms with Crippen LogP contribution in [0.3, 0.4) is 0 Å². The minimum Gasteiger partial charge on any atom is -0.353 e. The predicted molar refractivity (Wildman–Crippen MR) is 77.7 cm³/mol. The van der Waals surface area contributed by atoms with Crippen LogP contribution in [0.4, 0.5) is 0 Å². The molecule has 1 amide bonds. The van der Waals surface area contributed by atoms with Crippen LogP contribution in [0.2, 0.25) is 0 Å². The minimum absolute atomic E-state index is 0.0419. The third-order valence-corrected chi connectivity index (χ3v) is 3.35. The van der Waals surface area contributed by atoms with Gasteiger partial charge in [0.15, 0.2) is 0 Å². The van der Waals surface area contributed by atoms with Crippen molar-refractivity contribution in [2.24, 2.45) is 5.92 Å². The summed E-state index contributed by atoms with van der Waals surface area (Å²) in [5.41, 5.74) is 0. The Morgan fingerprint density at radius 2 is 1.83 bits per heavy atom. The van der Waals surface area contributed by atoms with Gasteiger partial charge < -0.3 is 15.5 Å². The molecule has 0 aliphatic heterocycles. The number of carbonyl (C=O) groups is 1. The lowest BCUT2D eigenvalue weighted by Gasteiger charge is -2.20. The minimum atomic E-state index is 0.0419. The molecule has 2 atom stereocenters. The number of nitrogens with zero attached hydrogens (tertiary/aromatic N) is 1. The molecule has 0 aliphatic carbocycles. The van der Waals surface area contributed by atoms with E-state index in [0.29, 0.717) is 0 Å². The van der Waals surface area contributed by atoms with Crippen LogP contribution in [-0.2, 0) is 4.79 Å². The molecular formula is C14H31N3O. The highest BCUT2D eigenvalue weighted by molar-refractivity contribution is 5.78. The van der Waals surface area contributed by atoms with Crippen molar-refractivity contribution in [1.82, 2.24) is 15.5 Å². The van der Waals surface area contributed by atoms with Gasteiger partial charge in [0.05, 0.1) is 0 Å². The summed E-state index contributed by atoms with van der Waals surface area (Å²) in [6.07, 6.45) is 2.19. The van der Waals surface area contributed by atoms with Crippen LogP contribution < -0.4 is 10.6 Å². The van der Waals surface area contributed by atoms with Crippen molar-refractivity contribution in [2.45, 2.75) is 46.6 Å². The summed E-state index contributed by atoms with van der Waals surface area (Å²) in [5.74, 6) is 0.194. The molecule has 108 valence electrons. The zero-order valence-electron chi connectivity index (χ0n) is 12.8. The molecule has 0 saturated carbocycles. The van der Waals surface area contributed by atoms with Crippen molar-refractivity contribution >= 4 is 5.91 Å². The zero-order valence-corrected chi connectivity index (χ0v) is 12.8. The first-order valence-corrected chi connectivity index (χ1v) is 7.22. The fourth-order valence-electron chi connectivity index (χ4n) is 2.02. The Balaban J connectivity index is 3.76. The molecule has 18 heavy (non-hydrogen) atoms. The average Bonchev–Trinajstić information content (AvgIpc) is 2.34. The van der Waals surface area contributed by atoms with Crippen molar-refractivity contribution in [1.29, 1.82) is 0 Å². The van der Waals surface area contributed by atoms with E-state index in [4.69, 9.17) is 0 Å². The second-order valence-electron chi connectivity index (χ2n) is 5.04. The van der Waals surface area contributed by atoms with E-state index in [1.54, 1.807) is 0 Å². The molecule has 0 aromatic carbocycles. The molecule has 0 rings (SSSR count). The second-order valence-corrected chi connectivity index (χ2v) is 5.04. The van der Waals surface area contributed by atoms with E-state index in [1.165, 1.54) is 0 Å². The van der Waals surface area contributed by atoms with Gasteiger partial charge in [0, 0.05) is 18.5 Å². The molecule has 4 heteroatoms. The maximum Gasteiger partial charge on any atom is 0.224 e. The maximum atomic E-state index is 11.8. The van der Waals surface area contributed by atoms with Gasteiger partial charge in [0.1, 0.15) is 0 Å². The highest BCUT2D eigenvalue weighted by Crippen LogP contribution is 2.01. The van der Waals surface area contributed by atoms with Crippen LogP contribution in [-0.4, -0.2) is 50.1 Å². The molecular weight excluding hydrogens is 226 g/mol. The van der Waals surface area contributed by atoms with E-state index in [9.17, 15) is 4.79 Å². The first kappa shape index (κ1) is 17.4. The number of hydrogen-bond donors (Lipinski definition) is 2. The lowest BCUT2D eigenvalue weighted by molar-refractivity contribution is -0.125. The van der Waals surface area contributed by atoms with E-state index >= 15 is 0 Å². The summed E-state index contributed by atoms with van der Waals surface area (Å²) in [7, 11) is 1.87. The lowest BCUT2D eigenvalue weighted by Crippen LogP contribution is -2.39. The summed E-state index contributed by atoms with van der Waals surface area (Å²) in [6, 6.07) is 0.271.